The van der Waals surface area contributed by atoms with Crippen molar-refractivity contribution in [3.8, 4) is 5.75 Å². The van der Waals surface area contributed by atoms with E-state index in [0.29, 0.717) is 36.8 Å². The van der Waals surface area contributed by atoms with Crippen molar-refractivity contribution in [1.29, 1.82) is 0 Å². The first-order valence-electron chi connectivity index (χ1n) is 10.8. The van der Waals surface area contributed by atoms with Crippen LogP contribution in [0.3, 0.4) is 0 Å². The van der Waals surface area contributed by atoms with Crippen LogP contribution >= 0.6 is 0 Å². The van der Waals surface area contributed by atoms with Crippen LogP contribution in [0.2, 0.25) is 0 Å². The summed E-state index contributed by atoms with van der Waals surface area (Å²) in [5.74, 6) is 2.51. The first-order valence-corrected chi connectivity index (χ1v) is 10.8. The number of methoxy groups -OCH3 is 1. The molecule has 2 bridgehead atoms. The fraction of sp³-hybridized carbons (Fsp3) is 0.652. The van der Waals surface area contributed by atoms with Gasteiger partial charge in [-0.3, -0.25) is 14.5 Å². The Kier molecular flexibility index (Phi) is 4.66. The van der Waals surface area contributed by atoms with Gasteiger partial charge >= 0.3 is 0 Å². The maximum Gasteiger partial charge on any atom is 0.226 e. The predicted molar refractivity (Wildman–Crippen MR) is 106 cm³/mol. The first-order chi connectivity index (χ1) is 13.6. The number of amides is 1. The molecule has 150 valence electrons. The molecule has 1 aliphatic carbocycles. The fourth-order valence-corrected chi connectivity index (χ4v) is 6.09. The van der Waals surface area contributed by atoms with E-state index in [0.717, 1.165) is 25.4 Å². The van der Waals surface area contributed by atoms with Crippen molar-refractivity contribution in [3.63, 3.8) is 0 Å². The zero-order valence-corrected chi connectivity index (χ0v) is 16.7. The van der Waals surface area contributed by atoms with E-state index in [2.05, 4.69) is 34.1 Å². The van der Waals surface area contributed by atoms with Crippen LogP contribution in [-0.4, -0.2) is 54.3 Å². The summed E-state index contributed by atoms with van der Waals surface area (Å²) in [5, 5.41) is 0. The van der Waals surface area contributed by atoms with Crippen LogP contribution in [0.25, 0.3) is 0 Å². The van der Waals surface area contributed by atoms with Crippen molar-refractivity contribution < 1.29 is 14.3 Å². The van der Waals surface area contributed by atoms with Gasteiger partial charge in [0.05, 0.1) is 13.0 Å². The van der Waals surface area contributed by atoms with Gasteiger partial charge in [0.15, 0.2) is 0 Å². The van der Waals surface area contributed by atoms with Crippen molar-refractivity contribution in [1.82, 2.24) is 9.80 Å². The molecule has 28 heavy (non-hydrogen) atoms. The molecule has 4 aliphatic rings. The zero-order chi connectivity index (χ0) is 19.3. The van der Waals surface area contributed by atoms with Gasteiger partial charge in [-0.25, -0.2) is 0 Å². The third kappa shape index (κ3) is 3.14. The summed E-state index contributed by atoms with van der Waals surface area (Å²) < 4.78 is 5.33. The van der Waals surface area contributed by atoms with Crippen molar-refractivity contribution in [2.24, 2.45) is 17.8 Å². The van der Waals surface area contributed by atoms with E-state index in [1.54, 1.807) is 7.11 Å². The number of piperidine rings is 3. The third-order valence-electron chi connectivity index (χ3n) is 7.50. The van der Waals surface area contributed by atoms with Gasteiger partial charge in [-0.15, -0.1) is 0 Å². The molecule has 4 atom stereocenters. The third-order valence-corrected chi connectivity index (χ3v) is 7.50. The average molecular weight is 383 g/mol. The summed E-state index contributed by atoms with van der Waals surface area (Å²) in [6.45, 7) is 2.85. The molecule has 5 rings (SSSR count). The maximum absolute atomic E-state index is 12.8. The lowest BCUT2D eigenvalue weighted by Crippen LogP contribution is -2.61. The van der Waals surface area contributed by atoms with E-state index in [-0.39, 0.29) is 17.6 Å². The largest absolute Gasteiger partial charge is 0.497 e. The molecule has 0 unspecified atom stereocenters. The number of ether oxygens (including phenoxy) is 1. The van der Waals surface area contributed by atoms with Crippen LogP contribution in [-0.2, 0) is 9.59 Å². The van der Waals surface area contributed by atoms with Gasteiger partial charge in [-0.2, -0.15) is 0 Å². The van der Waals surface area contributed by atoms with Gasteiger partial charge in [0.25, 0.3) is 0 Å². The number of likely N-dealkylation sites (tertiary alicyclic amines) is 1. The Morgan fingerprint density at radius 2 is 1.86 bits per heavy atom. The fourth-order valence-electron chi connectivity index (χ4n) is 6.09. The zero-order valence-electron chi connectivity index (χ0n) is 16.7. The Balaban J connectivity index is 1.31. The summed E-state index contributed by atoms with van der Waals surface area (Å²) in [5.41, 5.74) is 1.39. The molecule has 0 radical (unpaired) electrons. The molecule has 0 aromatic heterocycles. The molecule has 0 spiro atoms. The minimum absolute atomic E-state index is 0.0270. The highest BCUT2D eigenvalue weighted by molar-refractivity contribution is 5.96. The van der Waals surface area contributed by atoms with Crippen molar-refractivity contribution >= 4 is 11.7 Å². The molecular weight excluding hydrogens is 352 g/mol. The number of carbonyl (C=O) groups excluding carboxylic acids is 2. The van der Waals surface area contributed by atoms with Gasteiger partial charge in [0.2, 0.25) is 5.91 Å². The van der Waals surface area contributed by atoms with Crippen LogP contribution in [0.4, 0.5) is 0 Å². The van der Waals surface area contributed by atoms with Crippen molar-refractivity contribution in [3.05, 3.63) is 29.8 Å². The molecule has 1 saturated carbocycles. The van der Waals surface area contributed by atoms with Gasteiger partial charge in [0.1, 0.15) is 11.5 Å². The van der Waals surface area contributed by atoms with Crippen molar-refractivity contribution in [2.75, 3.05) is 26.7 Å². The first kappa shape index (κ1) is 18.2. The van der Waals surface area contributed by atoms with E-state index in [4.69, 9.17) is 4.74 Å². The molecule has 5 heteroatoms. The predicted octanol–water partition coefficient (Wildman–Crippen LogP) is 3.05. The lowest BCUT2D eigenvalue weighted by molar-refractivity contribution is -0.150. The Labute approximate surface area is 167 Å². The Bertz CT molecular complexity index is 754. The number of nitrogens with zero attached hydrogens (tertiary/aromatic N) is 2. The molecule has 5 nitrogen and oxygen atoms in total. The van der Waals surface area contributed by atoms with E-state index in [1.807, 2.05) is 0 Å². The maximum atomic E-state index is 12.8. The van der Waals surface area contributed by atoms with Crippen LogP contribution in [0.5, 0.6) is 5.75 Å². The number of fused-ring (bicyclic) bond motifs is 4. The number of Topliss-reactive ketones (excluding diaryl/α,β-unsaturated/α-hetero) is 1. The SMILES string of the molecule is COc1ccc([C@H]2CCC[C@H]3[C@@H]4C[C@@H](CN(C(=O)C5CC(=O)C5)C4)CN23)cc1. The Hall–Kier alpha value is -1.88. The molecule has 3 heterocycles. The quantitative estimate of drug-likeness (QED) is 0.806. The molecule has 1 aromatic carbocycles. The number of ketones is 1. The monoisotopic (exact) mass is 382 g/mol. The lowest BCUT2D eigenvalue weighted by Gasteiger charge is -2.55. The van der Waals surface area contributed by atoms with E-state index >= 15 is 0 Å². The minimum atomic E-state index is -0.0270. The minimum Gasteiger partial charge on any atom is -0.497 e. The second kappa shape index (κ2) is 7.18. The van der Waals surface area contributed by atoms with E-state index in [9.17, 15) is 9.59 Å². The molecule has 3 aliphatic heterocycles. The number of rotatable bonds is 3. The van der Waals surface area contributed by atoms with E-state index in [1.165, 1.54) is 31.2 Å². The van der Waals surface area contributed by atoms with Gasteiger partial charge in [-0.1, -0.05) is 12.1 Å². The standard InChI is InChI=1S/C23H30N2O3/c1-28-20-7-5-16(6-8-20)21-3-2-4-22-18-9-15(13-25(21)22)12-24(14-18)23(27)17-10-19(26)11-17/h5-8,15,17-18,21-22H,2-4,9-14H2,1H3/t15-,18+,21+,22-/m0/s1. The summed E-state index contributed by atoms with van der Waals surface area (Å²) in [4.78, 5) is 29.0. The molecule has 1 amide bonds. The highest BCUT2D eigenvalue weighted by Crippen LogP contribution is 2.45. The number of hydrogen-bond donors (Lipinski definition) is 0. The number of benzene rings is 1. The Morgan fingerprint density at radius 3 is 2.57 bits per heavy atom. The summed E-state index contributed by atoms with van der Waals surface area (Å²) >= 11 is 0. The van der Waals surface area contributed by atoms with Gasteiger partial charge in [-0.05, 0) is 55.2 Å². The molecule has 3 saturated heterocycles. The van der Waals surface area contributed by atoms with Gasteiger partial charge < -0.3 is 9.64 Å². The van der Waals surface area contributed by atoms with Crippen molar-refractivity contribution in [2.45, 2.75) is 50.6 Å². The van der Waals surface area contributed by atoms with E-state index < -0.39 is 0 Å². The second-order valence-corrected chi connectivity index (χ2v) is 9.23. The topological polar surface area (TPSA) is 49.9 Å². The molecular formula is C23H30N2O3. The summed E-state index contributed by atoms with van der Waals surface area (Å²) in [6, 6.07) is 9.66. The number of carbonyl (C=O) groups is 2. The highest BCUT2D eigenvalue weighted by Gasteiger charge is 2.47. The number of hydrogen-bond acceptors (Lipinski definition) is 4. The summed E-state index contributed by atoms with van der Waals surface area (Å²) in [7, 11) is 1.71. The molecule has 0 N–H and O–H groups in total. The normalized spacial score (nSPS) is 33.2. The molecule has 4 fully saturated rings. The van der Waals surface area contributed by atoms with Crippen LogP contribution in [0.1, 0.15) is 50.1 Å². The molecule has 1 aromatic rings. The van der Waals surface area contributed by atoms with Gasteiger partial charge in [0, 0.05) is 44.6 Å². The average Bonchev–Trinajstić information content (AvgIpc) is 2.70. The lowest BCUT2D eigenvalue weighted by atomic mass is 9.73. The van der Waals surface area contributed by atoms with Crippen LogP contribution in [0.15, 0.2) is 24.3 Å². The highest BCUT2D eigenvalue weighted by atomic mass is 16.5. The van der Waals surface area contributed by atoms with Crippen LogP contribution < -0.4 is 4.74 Å². The van der Waals surface area contributed by atoms with Crippen LogP contribution in [0, 0.1) is 17.8 Å². The second-order valence-electron chi connectivity index (χ2n) is 9.23. The smallest absolute Gasteiger partial charge is 0.226 e. The summed E-state index contributed by atoms with van der Waals surface area (Å²) in [6.07, 6.45) is 5.91. The Morgan fingerprint density at radius 1 is 1.07 bits per heavy atom.